The van der Waals surface area contributed by atoms with Gasteiger partial charge in [-0.05, 0) is 18.9 Å². The predicted molar refractivity (Wildman–Crippen MR) is 77.1 cm³/mol. The molecule has 1 saturated heterocycles. The largest absolute Gasteiger partial charge is 0.396 e. The van der Waals surface area contributed by atoms with Crippen LogP contribution in [-0.4, -0.2) is 24.2 Å². The van der Waals surface area contributed by atoms with Crippen LogP contribution in [0, 0.1) is 5.92 Å². The van der Waals surface area contributed by atoms with E-state index in [1.165, 1.54) is 6.20 Å². The van der Waals surface area contributed by atoms with Gasteiger partial charge in [0.15, 0.2) is 0 Å². The molecule has 0 aliphatic carbocycles. The highest BCUT2D eigenvalue weighted by Gasteiger charge is 2.42. The zero-order valence-corrected chi connectivity index (χ0v) is 11.4. The topological polar surface area (TPSA) is 42.1 Å². The summed E-state index contributed by atoms with van der Waals surface area (Å²) in [4.78, 5) is 5.98. The highest BCUT2D eigenvalue weighted by atomic mass is 19.4. The van der Waals surface area contributed by atoms with Crippen LogP contribution in [-0.2, 0) is 0 Å². The van der Waals surface area contributed by atoms with Crippen molar-refractivity contribution in [2.24, 2.45) is 5.92 Å². The fraction of sp³-hybridized carbons (Fsp3) is 0.400. The number of para-hydroxylation sites is 1. The number of nitrogens with zero attached hydrogens (tertiary/aromatic N) is 2. The molecule has 0 amide bonds. The third-order valence-corrected chi connectivity index (χ3v) is 3.98. The number of benzene rings is 1. The summed E-state index contributed by atoms with van der Waals surface area (Å²) in [5.74, 6) is -1.29. The van der Waals surface area contributed by atoms with Gasteiger partial charge < -0.3 is 10.6 Å². The number of nitrogen functional groups attached to an aromatic ring is 1. The first kappa shape index (κ1) is 14.0. The fourth-order valence-corrected chi connectivity index (χ4v) is 2.94. The molecule has 1 fully saturated rings. The number of halogens is 3. The number of hydrogen-bond donors (Lipinski definition) is 1. The summed E-state index contributed by atoms with van der Waals surface area (Å²) in [6.45, 7) is 0.548. The van der Waals surface area contributed by atoms with Crippen LogP contribution in [0.5, 0.6) is 0 Å². The van der Waals surface area contributed by atoms with Crippen molar-refractivity contribution in [1.29, 1.82) is 0 Å². The van der Waals surface area contributed by atoms with Crippen molar-refractivity contribution in [3.63, 3.8) is 0 Å². The molecular formula is C15H16F3N3. The summed E-state index contributed by atoms with van der Waals surface area (Å²) in [5.41, 5.74) is 7.84. The van der Waals surface area contributed by atoms with Crippen LogP contribution in [0.1, 0.15) is 12.8 Å². The minimum absolute atomic E-state index is 0.0400. The SMILES string of the molecule is Nc1cnc2ccccc2c1N1CCCC(C(F)(F)F)C1. The van der Waals surface area contributed by atoms with Crippen LogP contribution in [0.2, 0.25) is 0 Å². The summed E-state index contributed by atoms with van der Waals surface area (Å²) >= 11 is 0. The molecule has 2 heterocycles. The molecule has 0 bridgehead atoms. The summed E-state index contributed by atoms with van der Waals surface area (Å²) in [6.07, 6.45) is -1.94. The van der Waals surface area contributed by atoms with E-state index in [1.54, 1.807) is 4.90 Å². The first-order chi connectivity index (χ1) is 9.97. The Morgan fingerprint density at radius 2 is 2.00 bits per heavy atom. The molecule has 1 unspecified atom stereocenters. The molecule has 1 aromatic carbocycles. The van der Waals surface area contributed by atoms with Gasteiger partial charge in [-0.2, -0.15) is 13.2 Å². The maximum absolute atomic E-state index is 13.0. The molecule has 0 spiro atoms. The van der Waals surface area contributed by atoms with Gasteiger partial charge in [0.1, 0.15) is 0 Å². The lowest BCUT2D eigenvalue weighted by atomic mass is 9.96. The van der Waals surface area contributed by atoms with E-state index in [-0.39, 0.29) is 13.0 Å². The van der Waals surface area contributed by atoms with Gasteiger partial charge in [-0.25, -0.2) is 0 Å². The second kappa shape index (κ2) is 5.09. The predicted octanol–water partition coefficient (Wildman–Crippen LogP) is 3.60. The lowest BCUT2D eigenvalue weighted by Crippen LogP contribution is -2.42. The summed E-state index contributed by atoms with van der Waals surface area (Å²) < 4.78 is 38.9. The molecule has 6 heteroatoms. The number of nitrogens with two attached hydrogens (primary N) is 1. The Bertz CT molecular complexity index is 654. The van der Waals surface area contributed by atoms with Crippen LogP contribution in [0.3, 0.4) is 0 Å². The molecule has 0 radical (unpaired) electrons. The van der Waals surface area contributed by atoms with E-state index < -0.39 is 12.1 Å². The van der Waals surface area contributed by atoms with Crippen molar-refractivity contribution in [3.8, 4) is 0 Å². The Hall–Kier alpha value is -1.98. The van der Waals surface area contributed by atoms with Crippen LogP contribution in [0.25, 0.3) is 10.9 Å². The minimum atomic E-state index is -4.16. The lowest BCUT2D eigenvalue weighted by Gasteiger charge is -2.36. The number of fused-ring (bicyclic) bond motifs is 1. The number of pyridine rings is 1. The second-order valence-corrected chi connectivity index (χ2v) is 5.41. The summed E-state index contributed by atoms with van der Waals surface area (Å²) in [7, 11) is 0. The molecular weight excluding hydrogens is 279 g/mol. The zero-order chi connectivity index (χ0) is 15.0. The maximum Gasteiger partial charge on any atom is 0.393 e. The van der Waals surface area contributed by atoms with Crippen molar-refractivity contribution in [2.45, 2.75) is 19.0 Å². The monoisotopic (exact) mass is 295 g/mol. The van der Waals surface area contributed by atoms with Gasteiger partial charge in [-0.1, -0.05) is 18.2 Å². The summed E-state index contributed by atoms with van der Waals surface area (Å²) in [5, 5.41) is 0.806. The van der Waals surface area contributed by atoms with E-state index in [0.29, 0.717) is 24.3 Å². The Labute approximate surface area is 120 Å². The average Bonchev–Trinajstić information content (AvgIpc) is 2.46. The average molecular weight is 295 g/mol. The van der Waals surface area contributed by atoms with E-state index in [0.717, 1.165) is 10.9 Å². The Kier molecular flexibility index (Phi) is 3.39. The molecule has 2 N–H and O–H groups in total. The molecule has 3 nitrogen and oxygen atoms in total. The van der Waals surface area contributed by atoms with Gasteiger partial charge in [-0.15, -0.1) is 0 Å². The smallest absolute Gasteiger partial charge is 0.393 e. The molecule has 3 rings (SSSR count). The maximum atomic E-state index is 13.0. The van der Waals surface area contributed by atoms with Crippen LogP contribution >= 0.6 is 0 Å². The third-order valence-electron chi connectivity index (χ3n) is 3.98. The molecule has 2 aromatic rings. The van der Waals surface area contributed by atoms with Crippen molar-refractivity contribution < 1.29 is 13.2 Å². The molecule has 1 atom stereocenters. The first-order valence-corrected chi connectivity index (χ1v) is 6.91. The standard InChI is InChI=1S/C15H16F3N3/c16-15(17,18)10-4-3-7-21(9-10)14-11-5-1-2-6-13(11)20-8-12(14)19/h1-2,5-6,8,10H,3-4,7,9,19H2. The van der Waals surface area contributed by atoms with Crippen LogP contribution < -0.4 is 10.6 Å². The number of aromatic nitrogens is 1. The van der Waals surface area contributed by atoms with Crippen LogP contribution in [0.15, 0.2) is 30.5 Å². The minimum Gasteiger partial charge on any atom is -0.396 e. The van der Waals surface area contributed by atoms with Gasteiger partial charge in [0.05, 0.1) is 29.0 Å². The molecule has 21 heavy (non-hydrogen) atoms. The van der Waals surface area contributed by atoms with Crippen LogP contribution in [0.4, 0.5) is 24.5 Å². The number of alkyl halides is 3. The van der Waals surface area contributed by atoms with E-state index >= 15 is 0 Å². The van der Waals surface area contributed by atoms with Crippen molar-refractivity contribution >= 4 is 22.3 Å². The number of anilines is 2. The molecule has 1 aliphatic heterocycles. The van der Waals surface area contributed by atoms with Gasteiger partial charge in [0.25, 0.3) is 0 Å². The number of piperidine rings is 1. The molecule has 1 aromatic heterocycles. The Balaban J connectivity index is 2.02. The van der Waals surface area contributed by atoms with Gasteiger partial charge >= 0.3 is 6.18 Å². The zero-order valence-electron chi connectivity index (χ0n) is 11.4. The van der Waals surface area contributed by atoms with Gasteiger partial charge in [0, 0.05) is 18.5 Å². The van der Waals surface area contributed by atoms with Gasteiger partial charge in [0.2, 0.25) is 0 Å². The van der Waals surface area contributed by atoms with Crippen molar-refractivity contribution in [1.82, 2.24) is 4.98 Å². The molecule has 1 aliphatic rings. The second-order valence-electron chi connectivity index (χ2n) is 5.41. The normalized spacial score (nSPS) is 20.0. The number of rotatable bonds is 1. The Morgan fingerprint density at radius 3 is 2.76 bits per heavy atom. The first-order valence-electron chi connectivity index (χ1n) is 6.91. The van der Waals surface area contributed by atoms with Crippen molar-refractivity contribution in [3.05, 3.63) is 30.5 Å². The quantitative estimate of drug-likeness (QED) is 0.874. The van der Waals surface area contributed by atoms with E-state index in [9.17, 15) is 13.2 Å². The molecule has 0 saturated carbocycles. The van der Waals surface area contributed by atoms with E-state index in [1.807, 2.05) is 24.3 Å². The highest BCUT2D eigenvalue weighted by Crippen LogP contribution is 2.38. The molecule has 112 valence electrons. The number of hydrogen-bond acceptors (Lipinski definition) is 3. The van der Waals surface area contributed by atoms with E-state index in [4.69, 9.17) is 5.73 Å². The van der Waals surface area contributed by atoms with E-state index in [2.05, 4.69) is 4.98 Å². The third kappa shape index (κ3) is 2.62. The lowest BCUT2D eigenvalue weighted by molar-refractivity contribution is -0.175. The Morgan fingerprint density at radius 1 is 1.24 bits per heavy atom. The highest BCUT2D eigenvalue weighted by molar-refractivity contribution is 5.97. The van der Waals surface area contributed by atoms with Gasteiger partial charge in [-0.3, -0.25) is 4.98 Å². The van der Waals surface area contributed by atoms with Crippen molar-refractivity contribution in [2.75, 3.05) is 23.7 Å². The fourth-order valence-electron chi connectivity index (χ4n) is 2.94. The summed E-state index contributed by atoms with van der Waals surface area (Å²) in [6, 6.07) is 7.39.